The molecule has 0 heterocycles. The smallest absolute Gasteiger partial charge is 0.336 e. The highest BCUT2D eigenvalue weighted by molar-refractivity contribution is 8.00. The molecular weight excluding hydrogens is 320 g/mol. The number of nitro benzene ring substituents is 1. The van der Waals surface area contributed by atoms with Gasteiger partial charge in [-0.1, -0.05) is 12.1 Å². The third-order valence-corrected chi connectivity index (χ3v) is 3.91. The van der Waals surface area contributed by atoms with E-state index in [0.717, 1.165) is 11.8 Å². The van der Waals surface area contributed by atoms with E-state index < -0.39 is 10.9 Å². The average Bonchev–Trinajstić information content (AvgIpc) is 2.53. The molecule has 0 spiro atoms. The van der Waals surface area contributed by atoms with Crippen molar-refractivity contribution in [1.29, 1.82) is 0 Å². The molecule has 7 nitrogen and oxygen atoms in total. The molecule has 0 saturated carbocycles. The van der Waals surface area contributed by atoms with Gasteiger partial charge in [-0.3, -0.25) is 14.9 Å². The van der Waals surface area contributed by atoms with Crippen molar-refractivity contribution < 1.29 is 19.6 Å². The number of benzene rings is 2. The molecule has 0 bridgehead atoms. The van der Waals surface area contributed by atoms with Crippen LogP contribution in [-0.4, -0.2) is 27.7 Å². The van der Waals surface area contributed by atoms with Gasteiger partial charge in [-0.2, -0.15) is 0 Å². The van der Waals surface area contributed by atoms with Crippen LogP contribution in [0.5, 0.6) is 0 Å². The lowest BCUT2D eigenvalue weighted by atomic mass is 10.2. The summed E-state index contributed by atoms with van der Waals surface area (Å²) in [7, 11) is 0. The van der Waals surface area contributed by atoms with Gasteiger partial charge in [-0.15, -0.1) is 11.8 Å². The SMILES string of the molecule is O=C(CSc1ccccc1C(=O)O)Nc1ccc([N+](=O)[O-])cc1. The van der Waals surface area contributed by atoms with Crippen LogP contribution in [0.4, 0.5) is 11.4 Å². The maximum Gasteiger partial charge on any atom is 0.336 e. The van der Waals surface area contributed by atoms with Crippen LogP contribution >= 0.6 is 11.8 Å². The molecule has 23 heavy (non-hydrogen) atoms. The number of non-ortho nitro benzene ring substituents is 1. The second-order valence-electron chi connectivity index (χ2n) is 4.44. The molecule has 0 aliphatic rings. The summed E-state index contributed by atoms with van der Waals surface area (Å²) in [6, 6.07) is 11.9. The summed E-state index contributed by atoms with van der Waals surface area (Å²) in [5, 5.41) is 22.2. The Morgan fingerprint density at radius 3 is 2.39 bits per heavy atom. The minimum atomic E-state index is -1.05. The predicted molar refractivity (Wildman–Crippen MR) is 85.9 cm³/mol. The molecule has 0 aliphatic carbocycles. The van der Waals surface area contributed by atoms with Gasteiger partial charge in [0.1, 0.15) is 0 Å². The molecule has 0 atom stereocenters. The predicted octanol–water partition coefficient (Wildman–Crippen LogP) is 3.02. The normalized spacial score (nSPS) is 10.1. The van der Waals surface area contributed by atoms with Crippen LogP contribution in [0.2, 0.25) is 0 Å². The number of anilines is 1. The van der Waals surface area contributed by atoms with Gasteiger partial charge in [0.15, 0.2) is 0 Å². The van der Waals surface area contributed by atoms with Crippen molar-refractivity contribution >= 4 is 35.0 Å². The van der Waals surface area contributed by atoms with E-state index in [9.17, 15) is 19.7 Å². The fourth-order valence-electron chi connectivity index (χ4n) is 1.78. The largest absolute Gasteiger partial charge is 0.478 e. The van der Waals surface area contributed by atoms with Crippen molar-refractivity contribution in [2.45, 2.75) is 4.90 Å². The minimum Gasteiger partial charge on any atom is -0.478 e. The summed E-state index contributed by atoms with van der Waals surface area (Å²) >= 11 is 1.11. The first-order valence-electron chi connectivity index (χ1n) is 6.47. The van der Waals surface area contributed by atoms with Crippen LogP contribution < -0.4 is 5.32 Å². The summed E-state index contributed by atoms with van der Waals surface area (Å²) < 4.78 is 0. The van der Waals surface area contributed by atoms with E-state index in [4.69, 9.17) is 5.11 Å². The van der Waals surface area contributed by atoms with E-state index in [0.29, 0.717) is 10.6 Å². The van der Waals surface area contributed by atoms with Crippen LogP contribution in [0.3, 0.4) is 0 Å². The Kier molecular flexibility index (Phi) is 5.32. The molecule has 2 aromatic carbocycles. The van der Waals surface area contributed by atoms with Crippen molar-refractivity contribution in [2.24, 2.45) is 0 Å². The van der Waals surface area contributed by atoms with Gasteiger partial charge in [0, 0.05) is 22.7 Å². The van der Waals surface area contributed by atoms with Gasteiger partial charge >= 0.3 is 5.97 Å². The highest BCUT2D eigenvalue weighted by Crippen LogP contribution is 2.23. The summed E-state index contributed by atoms with van der Waals surface area (Å²) in [6.45, 7) is 0. The Morgan fingerprint density at radius 2 is 1.78 bits per heavy atom. The summed E-state index contributed by atoms with van der Waals surface area (Å²) in [4.78, 5) is 33.5. The molecule has 0 fully saturated rings. The monoisotopic (exact) mass is 332 g/mol. The lowest BCUT2D eigenvalue weighted by Crippen LogP contribution is -2.14. The molecule has 1 amide bonds. The van der Waals surface area contributed by atoms with Crippen LogP contribution in [-0.2, 0) is 4.79 Å². The zero-order valence-electron chi connectivity index (χ0n) is 11.8. The Balaban J connectivity index is 1.95. The van der Waals surface area contributed by atoms with Gasteiger partial charge in [0.25, 0.3) is 5.69 Å². The second kappa shape index (κ2) is 7.41. The van der Waals surface area contributed by atoms with Crippen molar-refractivity contribution in [2.75, 3.05) is 11.1 Å². The zero-order valence-corrected chi connectivity index (χ0v) is 12.6. The molecule has 0 saturated heterocycles. The second-order valence-corrected chi connectivity index (χ2v) is 5.46. The van der Waals surface area contributed by atoms with Gasteiger partial charge in [0.05, 0.1) is 16.2 Å². The van der Waals surface area contributed by atoms with Crippen molar-refractivity contribution in [1.82, 2.24) is 0 Å². The molecular formula is C15H12N2O5S. The fraction of sp³-hybridized carbons (Fsp3) is 0.0667. The molecule has 2 N–H and O–H groups in total. The molecule has 0 radical (unpaired) electrons. The Labute approximate surface area is 135 Å². The Morgan fingerprint density at radius 1 is 1.13 bits per heavy atom. The molecule has 8 heteroatoms. The van der Waals surface area contributed by atoms with E-state index in [2.05, 4.69) is 5.32 Å². The number of thioether (sulfide) groups is 1. The van der Waals surface area contributed by atoms with Gasteiger partial charge in [-0.25, -0.2) is 4.79 Å². The van der Waals surface area contributed by atoms with E-state index >= 15 is 0 Å². The number of nitrogens with one attached hydrogen (secondary N) is 1. The number of hydrogen-bond acceptors (Lipinski definition) is 5. The zero-order chi connectivity index (χ0) is 16.8. The van der Waals surface area contributed by atoms with Gasteiger partial charge in [-0.05, 0) is 24.3 Å². The number of aromatic carboxylic acids is 1. The first kappa shape index (κ1) is 16.5. The van der Waals surface area contributed by atoms with Crippen molar-refractivity contribution in [3.05, 3.63) is 64.2 Å². The van der Waals surface area contributed by atoms with Crippen LogP contribution in [0.15, 0.2) is 53.4 Å². The van der Waals surface area contributed by atoms with E-state index in [-0.39, 0.29) is 22.9 Å². The molecule has 0 aromatic heterocycles. The standard InChI is InChI=1S/C15H12N2O5S/c18-14(16-10-5-7-11(8-6-10)17(21)22)9-23-13-4-2-1-3-12(13)15(19)20/h1-8H,9H2,(H,16,18)(H,19,20). The van der Waals surface area contributed by atoms with Crippen LogP contribution in [0.1, 0.15) is 10.4 Å². The summed E-state index contributed by atoms with van der Waals surface area (Å²) in [6.07, 6.45) is 0. The molecule has 2 aromatic rings. The van der Waals surface area contributed by atoms with E-state index in [1.165, 1.54) is 30.3 Å². The fourth-order valence-corrected chi connectivity index (χ4v) is 2.62. The number of hydrogen-bond donors (Lipinski definition) is 2. The number of amides is 1. The number of carbonyl (C=O) groups excluding carboxylic acids is 1. The average molecular weight is 332 g/mol. The summed E-state index contributed by atoms with van der Waals surface area (Å²) in [5.74, 6) is -1.35. The number of nitrogens with zero attached hydrogens (tertiary/aromatic N) is 1. The third kappa shape index (κ3) is 4.55. The third-order valence-electron chi connectivity index (χ3n) is 2.84. The Bertz CT molecular complexity index is 746. The number of carboxylic acid groups (broad SMARTS) is 1. The maximum absolute atomic E-state index is 11.9. The topological polar surface area (TPSA) is 110 Å². The van der Waals surface area contributed by atoms with E-state index in [1.54, 1.807) is 18.2 Å². The van der Waals surface area contributed by atoms with E-state index in [1.807, 2.05) is 0 Å². The van der Waals surface area contributed by atoms with Crippen LogP contribution in [0, 0.1) is 10.1 Å². The van der Waals surface area contributed by atoms with Gasteiger partial charge < -0.3 is 10.4 Å². The lowest BCUT2D eigenvalue weighted by Gasteiger charge is -2.07. The highest BCUT2D eigenvalue weighted by Gasteiger charge is 2.12. The summed E-state index contributed by atoms with van der Waals surface area (Å²) in [5.41, 5.74) is 0.515. The molecule has 0 unspecified atom stereocenters. The minimum absolute atomic E-state index is 0.0290. The lowest BCUT2D eigenvalue weighted by molar-refractivity contribution is -0.384. The number of carbonyl (C=O) groups is 2. The highest BCUT2D eigenvalue weighted by atomic mass is 32.2. The molecule has 2 rings (SSSR count). The molecule has 0 aliphatic heterocycles. The number of carboxylic acids is 1. The van der Waals surface area contributed by atoms with Crippen molar-refractivity contribution in [3.8, 4) is 0 Å². The first-order valence-corrected chi connectivity index (χ1v) is 7.45. The Hall–Kier alpha value is -2.87. The number of rotatable bonds is 6. The first-order chi connectivity index (χ1) is 11.0. The maximum atomic E-state index is 11.9. The molecule has 118 valence electrons. The number of nitro groups is 1. The quantitative estimate of drug-likeness (QED) is 0.478. The van der Waals surface area contributed by atoms with Crippen molar-refractivity contribution in [3.63, 3.8) is 0 Å². The van der Waals surface area contributed by atoms with Gasteiger partial charge in [0.2, 0.25) is 5.91 Å². The van der Waals surface area contributed by atoms with Crippen LogP contribution in [0.25, 0.3) is 0 Å².